The molecule has 2 aromatic carbocycles. The maximum Gasteiger partial charge on any atom is 0.268 e. The molecular weight excluding hydrogens is 400 g/mol. The number of amides is 1. The molecule has 1 saturated heterocycles. The molecule has 3 nitrogen and oxygen atoms in total. The molecule has 0 radical (unpaired) electrons. The number of para-hydroxylation sites is 1. The predicted octanol–water partition coefficient (Wildman–Crippen LogP) is 5.52. The van der Waals surface area contributed by atoms with Crippen LogP contribution in [0.4, 0.5) is 5.69 Å². The number of hydrogen-bond donors (Lipinski definition) is 0. The highest BCUT2D eigenvalue weighted by molar-refractivity contribution is 7.12. The molecule has 29 heavy (non-hydrogen) atoms. The van der Waals surface area contributed by atoms with Crippen LogP contribution in [0.5, 0.6) is 0 Å². The third-order valence-corrected chi connectivity index (χ3v) is 6.32. The molecule has 0 aliphatic carbocycles. The van der Waals surface area contributed by atoms with Gasteiger partial charge in [0.2, 0.25) is 0 Å². The molecule has 1 amide bonds. The zero-order valence-electron chi connectivity index (χ0n) is 16.4. The second-order valence-corrected chi connectivity index (χ2v) is 8.24. The average molecular weight is 427 g/mol. The van der Waals surface area contributed by atoms with E-state index in [1.54, 1.807) is 0 Å². The fourth-order valence-electron chi connectivity index (χ4n) is 3.93. The summed E-state index contributed by atoms with van der Waals surface area (Å²) in [6.07, 6.45) is 3.11. The average Bonchev–Trinajstić information content (AvgIpc) is 3.30. The lowest BCUT2D eigenvalue weighted by atomic mass is 10.0. The van der Waals surface area contributed by atoms with E-state index in [1.165, 1.54) is 16.9 Å². The minimum absolute atomic E-state index is 0. The molecule has 1 aliphatic rings. The number of carbonyl (C=O) groups is 1. The van der Waals surface area contributed by atoms with E-state index in [9.17, 15) is 4.79 Å². The Bertz CT molecular complexity index is 862. The van der Waals surface area contributed by atoms with Crippen molar-refractivity contribution in [2.45, 2.75) is 25.3 Å². The molecule has 0 bridgehead atoms. The Morgan fingerprint density at radius 1 is 0.931 bits per heavy atom. The summed E-state index contributed by atoms with van der Waals surface area (Å²) in [4.78, 5) is 18.6. The Morgan fingerprint density at radius 2 is 1.59 bits per heavy atom. The molecule has 2 heterocycles. The molecule has 1 aliphatic heterocycles. The lowest BCUT2D eigenvalue weighted by Gasteiger charge is -2.38. The Balaban J connectivity index is 0.00000240. The van der Waals surface area contributed by atoms with Gasteiger partial charge in [-0.3, -0.25) is 4.79 Å². The number of anilines is 1. The van der Waals surface area contributed by atoms with Crippen LogP contribution in [-0.2, 0) is 6.42 Å². The minimum atomic E-state index is 0. The van der Waals surface area contributed by atoms with Crippen LogP contribution in [0.2, 0.25) is 0 Å². The highest BCUT2D eigenvalue weighted by Crippen LogP contribution is 2.27. The largest absolute Gasteiger partial charge is 0.305 e. The van der Waals surface area contributed by atoms with Crippen LogP contribution in [0, 0.1) is 0 Å². The number of rotatable bonds is 6. The number of benzene rings is 2. The van der Waals surface area contributed by atoms with E-state index >= 15 is 0 Å². The molecule has 5 heteroatoms. The Morgan fingerprint density at radius 3 is 2.21 bits per heavy atom. The summed E-state index contributed by atoms with van der Waals surface area (Å²) >= 11 is 1.52. The van der Waals surface area contributed by atoms with Gasteiger partial charge >= 0.3 is 0 Å². The first-order valence-electron chi connectivity index (χ1n) is 9.99. The number of piperidine rings is 1. The van der Waals surface area contributed by atoms with Crippen LogP contribution in [0.1, 0.15) is 28.1 Å². The highest BCUT2D eigenvalue weighted by Gasteiger charge is 2.30. The van der Waals surface area contributed by atoms with E-state index in [2.05, 4.69) is 35.2 Å². The molecule has 0 spiro atoms. The standard InChI is InChI=1S/C24H26N2OS.ClH/c27-24(23-12-7-19-28-23)26(21-10-5-2-6-11-21)22-14-17-25(18-15-22)16-13-20-8-3-1-4-9-20;/h1-12,19,22H,13-18H2;1H. The Hall–Kier alpha value is -2.14. The molecule has 152 valence electrons. The fraction of sp³-hybridized carbons (Fsp3) is 0.292. The van der Waals surface area contributed by atoms with Gasteiger partial charge in [-0.2, -0.15) is 0 Å². The van der Waals surface area contributed by atoms with Gasteiger partial charge in [-0.25, -0.2) is 0 Å². The number of hydrogen-bond acceptors (Lipinski definition) is 3. The number of likely N-dealkylation sites (tertiary alicyclic amines) is 1. The number of thiophene rings is 1. The van der Waals surface area contributed by atoms with Crippen LogP contribution >= 0.6 is 23.7 Å². The van der Waals surface area contributed by atoms with E-state index < -0.39 is 0 Å². The van der Waals surface area contributed by atoms with Crippen molar-refractivity contribution in [1.82, 2.24) is 4.90 Å². The molecule has 1 aromatic heterocycles. The van der Waals surface area contributed by atoms with Gasteiger partial charge in [0.05, 0.1) is 4.88 Å². The minimum Gasteiger partial charge on any atom is -0.305 e. The number of halogens is 1. The zero-order chi connectivity index (χ0) is 19.2. The highest BCUT2D eigenvalue weighted by atomic mass is 35.5. The molecular formula is C24H27ClN2OS. The maximum absolute atomic E-state index is 13.2. The quantitative estimate of drug-likeness (QED) is 0.517. The normalized spacial score (nSPS) is 14.9. The lowest BCUT2D eigenvalue weighted by Crippen LogP contribution is -2.48. The summed E-state index contributed by atoms with van der Waals surface area (Å²) < 4.78 is 0. The van der Waals surface area contributed by atoms with E-state index in [1.807, 2.05) is 52.7 Å². The fourth-order valence-corrected chi connectivity index (χ4v) is 4.59. The second kappa shape index (κ2) is 10.6. The SMILES string of the molecule is Cl.O=C(c1cccs1)N(c1ccccc1)C1CCN(CCc2ccccc2)CC1. The third-order valence-electron chi connectivity index (χ3n) is 5.47. The van der Waals surface area contributed by atoms with Gasteiger partial charge in [0.25, 0.3) is 5.91 Å². The topological polar surface area (TPSA) is 23.6 Å². The summed E-state index contributed by atoms with van der Waals surface area (Å²) in [5.41, 5.74) is 2.40. The molecule has 0 unspecified atom stereocenters. The van der Waals surface area contributed by atoms with Gasteiger partial charge in [0.1, 0.15) is 0 Å². The van der Waals surface area contributed by atoms with E-state index in [0.29, 0.717) is 0 Å². The molecule has 1 fully saturated rings. The van der Waals surface area contributed by atoms with Crippen molar-refractivity contribution >= 4 is 35.3 Å². The summed E-state index contributed by atoms with van der Waals surface area (Å²) in [5, 5.41) is 1.97. The number of carbonyl (C=O) groups excluding carboxylic acids is 1. The number of nitrogens with zero attached hydrogens (tertiary/aromatic N) is 2. The smallest absolute Gasteiger partial charge is 0.268 e. The van der Waals surface area contributed by atoms with Crippen molar-refractivity contribution in [2.75, 3.05) is 24.5 Å². The first kappa shape index (κ1) is 21.6. The monoisotopic (exact) mass is 426 g/mol. The van der Waals surface area contributed by atoms with Gasteiger partial charge < -0.3 is 9.80 Å². The van der Waals surface area contributed by atoms with Crippen LogP contribution < -0.4 is 4.90 Å². The van der Waals surface area contributed by atoms with Crippen LogP contribution in [0.25, 0.3) is 0 Å². The van der Waals surface area contributed by atoms with Crippen molar-refractivity contribution in [3.8, 4) is 0 Å². The molecule has 0 N–H and O–H groups in total. The summed E-state index contributed by atoms with van der Waals surface area (Å²) in [6.45, 7) is 3.16. The molecule has 0 saturated carbocycles. The predicted molar refractivity (Wildman–Crippen MR) is 124 cm³/mol. The molecule has 3 aromatic rings. The van der Waals surface area contributed by atoms with E-state index in [-0.39, 0.29) is 24.4 Å². The Kier molecular flexibility index (Phi) is 7.87. The van der Waals surface area contributed by atoms with Gasteiger partial charge in [0.15, 0.2) is 0 Å². The van der Waals surface area contributed by atoms with Crippen molar-refractivity contribution in [3.05, 3.63) is 88.6 Å². The second-order valence-electron chi connectivity index (χ2n) is 7.30. The van der Waals surface area contributed by atoms with Gasteiger partial charge in [-0.1, -0.05) is 54.6 Å². The van der Waals surface area contributed by atoms with Crippen molar-refractivity contribution in [1.29, 1.82) is 0 Å². The van der Waals surface area contributed by atoms with E-state index in [4.69, 9.17) is 0 Å². The maximum atomic E-state index is 13.2. The van der Waals surface area contributed by atoms with Crippen molar-refractivity contribution in [3.63, 3.8) is 0 Å². The first-order chi connectivity index (χ1) is 13.8. The van der Waals surface area contributed by atoms with Crippen molar-refractivity contribution < 1.29 is 4.79 Å². The molecule has 4 rings (SSSR count). The Labute approximate surface area is 183 Å². The van der Waals surface area contributed by atoms with Crippen LogP contribution in [0.15, 0.2) is 78.2 Å². The zero-order valence-corrected chi connectivity index (χ0v) is 18.1. The summed E-state index contributed by atoms with van der Waals surface area (Å²) in [6, 6.07) is 24.9. The third kappa shape index (κ3) is 5.47. The first-order valence-corrected chi connectivity index (χ1v) is 10.9. The van der Waals surface area contributed by atoms with Crippen molar-refractivity contribution in [2.24, 2.45) is 0 Å². The van der Waals surface area contributed by atoms with E-state index in [0.717, 1.165) is 49.5 Å². The van der Waals surface area contributed by atoms with Crippen LogP contribution in [0.3, 0.4) is 0 Å². The van der Waals surface area contributed by atoms with Gasteiger partial charge in [-0.15, -0.1) is 23.7 Å². The summed E-state index contributed by atoms with van der Waals surface area (Å²) in [7, 11) is 0. The summed E-state index contributed by atoms with van der Waals surface area (Å²) in [5.74, 6) is 0.129. The van der Waals surface area contributed by atoms with Gasteiger partial charge in [0, 0.05) is 31.4 Å². The lowest BCUT2D eigenvalue weighted by molar-refractivity contribution is 0.0964. The van der Waals surface area contributed by atoms with Gasteiger partial charge in [-0.05, 0) is 48.4 Å². The molecule has 0 atom stereocenters. The van der Waals surface area contributed by atoms with Crippen LogP contribution in [-0.4, -0.2) is 36.5 Å².